The molecule has 0 saturated heterocycles. The molecule has 1 aromatic heterocycles. The van der Waals surface area contributed by atoms with Crippen LogP contribution in [0.1, 0.15) is 53.7 Å². The highest BCUT2D eigenvalue weighted by molar-refractivity contribution is 7.89. The maximum Gasteiger partial charge on any atom is 0.328 e. The van der Waals surface area contributed by atoms with Crippen LogP contribution in [0.15, 0.2) is 64.1 Å². The molecular formula is C27H31NO6S. The molecule has 3 aromatic rings. The van der Waals surface area contributed by atoms with E-state index in [1.807, 2.05) is 39.0 Å². The van der Waals surface area contributed by atoms with Crippen LogP contribution in [0.25, 0.3) is 6.08 Å². The summed E-state index contributed by atoms with van der Waals surface area (Å²) in [6, 6.07) is 13.6. The van der Waals surface area contributed by atoms with E-state index in [1.54, 1.807) is 45.0 Å². The molecule has 0 radical (unpaired) electrons. The van der Waals surface area contributed by atoms with Crippen LogP contribution in [-0.2, 0) is 14.8 Å². The molecule has 8 heteroatoms. The van der Waals surface area contributed by atoms with Gasteiger partial charge in [0.1, 0.15) is 11.5 Å². The van der Waals surface area contributed by atoms with Crippen LogP contribution in [0.2, 0.25) is 0 Å². The molecule has 2 aromatic carbocycles. The van der Waals surface area contributed by atoms with Crippen molar-refractivity contribution in [2.24, 2.45) is 0 Å². The van der Waals surface area contributed by atoms with Crippen molar-refractivity contribution in [2.45, 2.75) is 58.9 Å². The van der Waals surface area contributed by atoms with E-state index in [0.717, 1.165) is 22.8 Å². The van der Waals surface area contributed by atoms with Crippen molar-refractivity contribution in [3.8, 4) is 5.75 Å². The van der Waals surface area contributed by atoms with Crippen molar-refractivity contribution in [2.75, 3.05) is 0 Å². The average Bonchev–Trinajstić information content (AvgIpc) is 3.20. The van der Waals surface area contributed by atoms with Gasteiger partial charge in [-0.05, 0) is 82.5 Å². The third kappa shape index (κ3) is 6.01. The number of aryl methyl sites for hydroxylation is 4. The first-order valence-electron chi connectivity index (χ1n) is 11.3. The highest BCUT2D eigenvalue weighted by Crippen LogP contribution is 2.36. The summed E-state index contributed by atoms with van der Waals surface area (Å²) in [5.41, 5.74) is 4.02. The van der Waals surface area contributed by atoms with Gasteiger partial charge in [-0.1, -0.05) is 35.9 Å². The maximum absolute atomic E-state index is 13.8. The van der Waals surface area contributed by atoms with E-state index in [-0.39, 0.29) is 5.09 Å². The zero-order chi connectivity index (χ0) is 25.9. The van der Waals surface area contributed by atoms with Gasteiger partial charge in [-0.3, -0.25) is 0 Å². The predicted octanol–water partition coefficient (Wildman–Crippen LogP) is 5.79. The summed E-state index contributed by atoms with van der Waals surface area (Å²) in [5.74, 6) is 0.00445. The molecule has 35 heavy (non-hydrogen) atoms. The first-order chi connectivity index (χ1) is 16.4. The minimum atomic E-state index is -4.07. The first-order valence-corrected chi connectivity index (χ1v) is 12.7. The van der Waals surface area contributed by atoms with Crippen LogP contribution in [-0.4, -0.2) is 29.8 Å². The van der Waals surface area contributed by atoms with Crippen molar-refractivity contribution in [3.63, 3.8) is 0 Å². The van der Waals surface area contributed by atoms with Crippen molar-refractivity contribution in [1.82, 2.24) is 4.31 Å². The van der Waals surface area contributed by atoms with Gasteiger partial charge in [0.05, 0.1) is 0 Å². The Hall–Kier alpha value is -3.36. The van der Waals surface area contributed by atoms with E-state index in [9.17, 15) is 13.2 Å². The predicted molar refractivity (Wildman–Crippen MR) is 135 cm³/mol. The lowest BCUT2D eigenvalue weighted by molar-refractivity contribution is -0.131. The zero-order valence-corrected chi connectivity index (χ0v) is 21.6. The van der Waals surface area contributed by atoms with Gasteiger partial charge in [-0.15, -0.1) is 0 Å². The lowest BCUT2D eigenvalue weighted by atomic mass is 10.0. The molecule has 1 N–H and O–H groups in total. The molecule has 0 saturated carbocycles. The maximum atomic E-state index is 13.8. The Morgan fingerprint density at radius 2 is 1.71 bits per heavy atom. The second kappa shape index (κ2) is 10.5. The standard InChI is InChI=1S/C27H31NO6S/c1-17(2)28(35(31,32)26-14-8-21(6)33-26)27(34-24-12-7-18(3)15-20(24)5)23-11-9-22(16-19(23)4)10-13-25(29)30/h7-17,27H,1-6H3,(H,29,30)/b13-10+. The van der Waals surface area contributed by atoms with Crippen LogP contribution in [0.5, 0.6) is 5.75 Å². The summed E-state index contributed by atoms with van der Waals surface area (Å²) < 4.78 is 40.8. The molecule has 0 aliphatic carbocycles. The number of carbonyl (C=O) groups is 1. The van der Waals surface area contributed by atoms with Gasteiger partial charge in [0.15, 0.2) is 6.23 Å². The number of carboxylic acids is 1. The molecular weight excluding hydrogens is 466 g/mol. The van der Waals surface area contributed by atoms with Crippen molar-refractivity contribution < 1.29 is 27.5 Å². The van der Waals surface area contributed by atoms with Crippen LogP contribution in [0, 0.1) is 27.7 Å². The van der Waals surface area contributed by atoms with E-state index in [0.29, 0.717) is 22.6 Å². The highest BCUT2D eigenvalue weighted by atomic mass is 32.2. The summed E-state index contributed by atoms with van der Waals surface area (Å²) in [6.07, 6.45) is 1.55. The lowest BCUT2D eigenvalue weighted by Crippen LogP contribution is -2.42. The van der Waals surface area contributed by atoms with Gasteiger partial charge in [-0.2, -0.15) is 4.31 Å². The number of sulfonamides is 1. The zero-order valence-electron chi connectivity index (χ0n) is 20.8. The number of ether oxygens (including phenoxy) is 1. The Kier molecular flexibility index (Phi) is 7.87. The fourth-order valence-corrected chi connectivity index (χ4v) is 5.53. The molecule has 186 valence electrons. The van der Waals surface area contributed by atoms with E-state index in [1.165, 1.54) is 16.4 Å². The first kappa shape index (κ1) is 26.2. The normalized spacial score (nSPS) is 13.0. The monoisotopic (exact) mass is 497 g/mol. The Morgan fingerprint density at radius 3 is 2.26 bits per heavy atom. The van der Waals surface area contributed by atoms with E-state index in [4.69, 9.17) is 14.3 Å². The minimum Gasteiger partial charge on any atom is -0.478 e. The van der Waals surface area contributed by atoms with Gasteiger partial charge in [-0.25, -0.2) is 13.2 Å². The van der Waals surface area contributed by atoms with Crippen molar-refractivity contribution in [1.29, 1.82) is 0 Å². The van der Waals surface area contributed by atoms with E-state index >= 15 is 0 Å². The van der Waals surface area contributed by atoms with Crippen LogP contribution in [0.4, 0.5) is 0 Å². The van der Waals surface area contributed by atoms with Gasteiger partial charge >= 0.3 is 5.97 Å². The van der Waals surface area contributed by atoms with Crippen molar-refractivity contribution >= 4 is 22.1 Å². The Balaban J connectivity index is 2.17. The molecule has 1 unspecified atom stereocenters. The third-order valence-corrected chi connectivity index (χ3v) is 7.43. The number of furan rings is 1. The number of hydrogen-bond donors (Lipinski definition) is 1. The molecule has 0 spiro atoms. The third-order valence-electron chi connectivity index (χ3n) is 5.53. The summed E-state index contributed by atoms with van der Waals surface area (Å²) in [6.45, 7) is 11.0. The molecule has 0 aliphatic heterocycles. The summed E-state index contributed by atoms with van der Waals surface area (Å²) in [7, 11) is -4.07. The fourth-order valence-electron chi connectivity index (χ4n) is 3.88. The molecule has 0 aliphatic rings. The number of carboxylic acid groups (broad SMARTS) is 1. The topological polar surface area (TPSA) is 97.0 Å². The molecule has 7 nitrogen and oxygen atoms in total. The van der Waals surface area contributed by atoms with Gasteiger partial charge in [0, 0.05) is 17.7 Å². The second-order valence-electron chi connectivity index (χ2n) is 8.82. The smallest absolute Gasteiger partial charge is 0.328 e. The molecule has 0 amide bonds. The van der Waals surface area contributed by atoms with Gasteiger partial charge in [0.25, 0.3) is 10.0 Å². The van der Waals surface area contributed by atoms with Gasteiger partial charge in [0.2, 0.25) is 5.09 Å². The Morgan fingerprint density at radius 1 is 1.00 bits per heavy atom. The summed E-state index contributed by atoms with van der Waals surface area (Å²) >= 11 is 0. The number of nitrogens with zero attached hydrogens (tertiary/aromatic N) is 1. The summed E-state index contributed by atoms with van der Waals surface area (Å²) in [5, 5.41) is 8.78. The van der Waals surface area contributed by atoms with Crippen LogP contribution in [0.3, 0.4) is 0 Å². The molecule has 0 bridgehead atoms. The summed E-state index contributed by atoms with van der Waals surface area (Å²) in [4.78, 5) is 10.9. The quantitative estimate of drug-likeness (QED) is 0.297. The van der Waals surface area contributed by atoms with Crippen LogP contribution < -0.4 is 4.74 Å². The van der Waals surface area contributed by atoms with Crippen molar-refractivity contribution in [3.05, 3.63) is 88.2 Å². The SMILES string of the molecule is Cc1ccc(OC(c2ccc(/C=C/C(=O)O)cc2C)N(C(C)C)S(=O)(=O)c2ccc(C)o2)c(C)c1. The number of aliphatic carboxylic acids is 1. The second-order valence-corrected chi connectivity index (χ2v) is 10.6. The lowest BCUT2D eigenvalue weighted by Gasteiger charge is -2.34. The largest absolute Gasteiger partial charge is 0.478 e. The number of hydrogen-bond acceptors (Lipinski definition) is 5. The van der Waals surface area contributed by atoms with Gasteiger partial charge < -0.3 is 14.3 Å². The average molecular weight is 498 g/mol. The Labute approximate surface area is 206 Å². The molecule has 0 fully saturated rings. The number of rotatable bonds is 9. The fraction of sp³-hybridized carbons (Fsp3) is 0.296. The van der Waals surface area contributed by atoms with E-state index in [2.05, 4.69) is 0 Å². The molecule has 3 rings (SSSR count). The van der Waals surface area contributed by atoms with Crippen LogP contribution >= 0.6 is 0 Å². The number of benzene rings is 2. The molecule has 1 atom stereocenters. The Bertz CT molecular complexity index is 1350. The van der Waals surface area contributed by atoms with E-state index < -0.39 is 28.3 Å². The highest BCUT2D eigenvalue weighted by Gasteiger charge is 2.39. The minimum absolute atomic E-state index is 0.156. The molecule has 1 heterocycles.